The molecule has 1 saturated carbocycles. The third-order valence-electron chi connectivity index (χ3n) is 4.59. The molecule has 3 N–H and O–H groups in total. The van der Waals surface area contributed by atoms with E-state index in [1.165, 1.54) is 0 Å². The molecule has 0 saturated heterocycles. The second-order valence-electron chi connectivity index (χ2n) is 6.01. The Balaban J connectivity index is 1.64. The van der Waals surface area contributed by atoms with Gasteiger partial charge in [-0.2, -0.15) is 0 Å². The molecule has 0 aromatic heterocycles. The number of benzene rings is 1. The molecular weight excluding hydrogens is 288 g/mol. The van der Waals surface area contributed by atoms with Crippen LogP contribution >= 0.6 is 11.6 Å². The largest absolute Gasteiger partial charge is 0.492 e. The van der Waals surface area contributed by atoms with Crippen molar-refractivity contribution in [2.75, 3.05) is 13.2 Å². The molecule has 0 spiro atoms. The summed E-state index contributed by atoms with van der Waals surface area (Å²) in [6.45, 7) is 1.07. The standard InChI is InChI=1S/C16H21ClN2O2/c17-13-4-5-15-11(7-13)6-12(9-21-15)16(20)19-14-3-1-2-10(14)8-18/h4-5,7,10,12,14H,1-3,6,8-9,18H2,(H,19,20). The first-order valence-electron chi connectivity index (χ1n) is 7.59. The van der Waals surface area contributed by atoms with Crippen molar-refractivity contribution < 1.29 is 9.53 Å². The molecule has 3 atom stereocenters. The molecule has 1 amide bonds. The quantitative estimate of drug-likeness (QED) is 0.899. The Morgan fingerprint density at radius 2 is 2.29 bits per heavy atom. The van der Waals surface area contributed by atoms with Crippen LogP contribution in [0, 0.1) is 11.8 Å². The fourth-order valence-corrected chi connectivity index (χ4v) is 3.54. The number of carbonyl (C=O) groups is 1. The first-order valence-corrected chi connectivity index (χ1v) is 7.97. The van der Waals surface area contributed by atoms with Gasteiger partial charge in [0, 0.05) is 11.1 Å². The van der Waals surface area contributed by atoms with Crippen molar-refractivity contribution in [3.8, 4) is 5.75 Å². The van der Waals surface area contributed by atoms with Crippen LogP contribution in [0.25, 0.3) is 0 Å². The molecule has 1 aromatic rings. The Kier molecular flexibility index (Phi) is 4.36. The van der Waals surface area contributed by atoms with Crippen LogP contribution < -0.4 is 15.8 Å². The van der Waals surface area contributed by atoms with Crippen LogP contribution in [0.3, 0.4) is 0 Å². The minimum Gasteiger partial charge on any atom is -0.492 e. The van der Waals surface area contributed by atoms with Gasteiger partial charge in [0.25, 0.3) is 0 Å². The number of rotatable bonds is 3. The molecule has 1 aliphatic heterocycles. The summed E-state index contributed by atoms with van der Waals surface area (Å²) in [5.41, 5.74) is 6.78. The van der Waals surface area contributed by atoms with Gasteiger partial charge in [0.2, 0.25) is 5.91 Å². The lowest BCUT2D eigenvalue weighted by Crippen LogP contribution is -2.45. The van der Waals surface area contributed by atoms with Crippen molar-refractivity contribution in [1.82, 2.24) is 5.32 Å². The molecule has 0 radical (unpaired) electrons. The lowest BCUT2D eigenvalue weighted by atomic mass is 9.95. The van der Waals surface area contributed by atoms with E-state index >= 15 is 0 Å². The average molecular weight is 309 g/mol. The van der Waals surface area contributed by atoms with Crippen LogP contribution in [-0.2, 0) is 11.2 Å². The fourth-order valence-electron chi connectivity index (χ4n) is 3.34. The summed E-state index contributed by atoms with van der Waals surface area (Å²) in [5, 5.41) is 3.84. The van der Waals surface area contributed by atoms with Crippen molar-refractivity contribution in [1.29, 1.82) is 0 Å². The van der Waals surface area contributed by atoms with Crippen molar-refractivity contribution in [3.05, 3.63) is 28.8 Å². The van der Waals surface area contributed by atoms with Gasteiger partial charge in [-0.15, -0.1) is 0 Å². The lowest BCUT2D eigenvalue weighted by molar-refractivity contribution is -0.127. The smallest absolute Gasteiger partial charge is 0.227 e. The SMILES string of the molecule is NCC1CCCC1NC(=O)C1COc2ccc(Cl)cc2C1. The Hall–Kier alpha value is -1.26. The summed E-state index contributed by atoms with van der Waals surface area (Å²) in [6, 6.07) is 5.79. The highest BCUT2D eigenvalue weighted by molar-refractivity contribution is 6.30. The van der Waals surface area contributed by atoms with Crippen molar-refractivity contribution in [3.63, 3.8) is 0 Å². The van der Waals surface area contributed by atoms with Gasteiger partial charge in [-0.25, -0.2) is 0 Å². The zero-order valence-electron chi connectivity index (χ0n) is 12.0. The Morgan fingerprint density at radius 3 is 3.10 bits per heavy atom. The first-order chi connectivity index (χ1) is 10.2. The Bertz CT molecular complexity index is 535. The molecule has 114 valence electrons. The fraction of sp³-hybridized carbons (Fsp3) is 0.562. The first kappa shape index (κ1) is 14.7. The van der Waals surface area contributed by atoms with E-state index in [-0.39, 0.29) is 17.9 Å². The van der Waals surface area contributed by atoms with Gasteiger partial charge in [0.15, 0.2) is 0 Å². The predicted octanol–water partition coefficient (Wildman–Crippen LogP) is 2.13. The van der Waals surface area contributed by atoms with E-state index in [4.69, 9.17) is 22.1 Å². The minimum absolute atomic E-state index is 0.0750. The number of carbonyl (C=O) groups excluding carboxylic acids is 1. The van der Waals surface area contributed by atoms with Crippen LogP contribution in [0.1, 0.15) is 24.8 Å². The molecule has 1 fully saturated rings. The summed E-state index contributed by atoms with van der Waals surface area (Å²) in [6.07, 6.45) is 3.97. The Morgan fingerprint density at radius 1 is 1.43 bits per heavy atom. The monoisotopic (exact) mass is 308 g/mol. The highest BCUT2D eigenvalue weighted by atomic mass is 35.5. The molecule has 4 nitrogen and oxygen atoms in total. The van der Waals surface area contributed by atoms with E-state index in [2.05, 4.69) is 5.32 Å². The molecule has 1 aromatic carbocycles. The maximum Gasteiger partial charge on any atom is 0.227 e. The summed E-state index contributed by atoms with van der Waals surface area (Å²) in [4.78, 5) is 12.4. The third kappa shape index (κ3) is 3.16. The van der Waals surface area contributed by atoms with Crippen LogP contribution in [0.5, 0.6) is 5.75 Å². The molecule has 0 bridgehead atoms. The van der Waals surface area contributed by atoms with E-state index in [0.29, 0.717) is 30.5 Å². The molecule has 1 heterocycles. The summed E-state index contributed by atoms with van der Waals surface area (Å²) >= 11 is 6.01. The van der Waals surface area contributed by atoms with E-state index in [1.54, 1.807) is 0 Å². The number of hydrogen-bond donors (Lipinski definition) is 2. The van der Waals surface area contributed by atoms with E-state index in [1.807, 2.05) is 18.2 Å². The molecule has 2 aliphatic rings. The summed E-state index contributed by atoms with van der Waals surface area (Å²) in [5.74, 6) is 1.19. The predicted molar refractivity (Wildman–Crippen MR) is 82.5 cm³/mol. The Labute approximate surface area is 130 Å². The van der Waals surface area contributed by atoms with Gasteiger partial charge in [-0.1, -0.05) is 18.0 Å². The second kappa shape index (κ2) is 6.24. The maximum atomic E-state index is 12.4. The summed E-state index contributed by atoms with van der Waals surface area (Å²) < 4.78 is 5.69. The molecule has 1 aliphatic carbocycles. The lowest BCUT2D eigenvalue weighted by Gasteiger charge is -2.27. The van der Waals surface area contributed by atoms with E-state index in [9.17, 15) is 4.79 Å². The molecule has 3 unspecified atom stereocenters. The van der Waals surface area contributed by atoms with E-state index in [0.717, 1.165) is 30.6 Å². The van der Waals surface area contributed by atoms with Gasteiger partial charge in [0.05, 0.1) is 5.92 Å². The number of halogens is 1. The molecule has 21 heavy (non-hydrogen) atoms. The zero-order valence-corrected chi connectivity index (χ0v) is 12.7. The number of amides is 1. The van der Waals surface area contributed by atoms with Gasteiger partial charge >= 0.3 is 0 Å². The van der Waals surface area contributed by atoms with Crippen LogP contribution in [0.4, 0.5) is 0 Å². The van der Waals surface area contributed by atoms with Crippen LogP contribution in [0.2, 0.25) is 5.02 Å². The molecular formula is C16H21ClN2O2. The third-order valence-corrected chi connectivity index (χ3v) is 4.82. The summed E-state index contributed by atoms with van der Waals surface area (Å²) in [7, 11) is 0. The minimum atomic E-state index is -0.144. The van der Waals surface area contributed by atoms with Gasteiger partial charge in [-0.3, -0.25) is 4.79 Å². The number of nitrogens with two attached hydrogens (primary N) is 1. The number of ether oxygens (including phenoxy) is 1. The van der Waals surface area contributed by atoms with Crippen LogP contribution in [-0.4, -0.2) is 25.1 Å². The zero-order chi connectivity index (χ0) is 14.8. The number of hydrogen-bond acceptors (Lipinski definition) is 3. The molecule has 5 heteroatoms. The topological polar surface area (TPSA) is 64.3 Å². The van der Waals surface area contributed by atoms with Crippen molar-refractivity contribution in [2.24, 2.45) is 17.6 Å². The number of fused-ring (bicyclic) bond motifs is 1. The highest BCUT2D eigenvalue weighted by Crippen LogP contribution is 2.30. The van der Waals surface area contributed by atoms with Gasteiger partial charge in [-0.05, 0) is 55.5 Å². The van der Waals surface area contributed by atoms with E-state index < -0.39 is 0 Å². The van der Waals surface area contributed by atoms with Gasteiger partial charge < -0.3 is 15.8 Å². The molecule has 3 rings (SSSR count). The maximum absolute atomic E-state index is 12.4. The van der Waals surface area contributed by atoms with Crippen LogP contribution in [0.15, 0.2) is 18.2 Å². The van der Waals surface area contributed by atoms with Crippen molar-refractivity contribution in [2.45, 2.75) is 31.7 Å². The normalized spacial score (nSPS) is 27.8. The van der Waals surface area contributed by atoms with Crippen molar-refractivity contribution >= 4 is 17.5 Å². The number of nitrogens with one attached hydrogen (secondary N) is 1. The average Bonchev–Trinajstić information content (AvgIpc) is 2.93. The van der Waals surface area contributed by atoms with Gasteiger partial charge in [0.1, 0.15) is 12.4 Å². The second-order valence-corrected chi connectivity index (χ2v) is 6.44. The highest BCUT2D eigenvalue weighted by Gasteiger charge is 2.31.